The molecular weight excluding hydrogens is 156 g/mol. The second-order valence-electron chi connectivity index (χ2n) is 3.29. The van der Waals surface area contributed by atoms with Crippen LogP contribution < -0.4 is 5.69 Å². The number of aromatic amines is 1. The van der Waals surface area contributed by atoms with Gasteiger partial charge in [0, 0.05) is 6.04 Å². The van der Waals surface area contributed by atoms with Crippen LogP contribution in [-0.4, -0.2) is 14.7 Å². The van der Waals surface area contributed by atoms with Crippen molar-refractivity contribution in [2.24, 2.45) is 0 Å². The summed E-state index contributed by atoms with van der Waals surface area (Å²) in [6.07, 6.45) is 5.96. The molecule has 0 spiro atoms. The van der Waals surface area contributed by atoms with Crippen molar-refractivity contribution < 1.29 is 5.11 Å². The van der Waals surface area contributed by atoms with Gasteiger partial charge in [0.2, 0.25) is 5.88 Å². The Kier molecular flexibility index (Phi) is 1.67. The van der Waals surface area contributed by atoms with E-state index in [-0.39, 0.29) is 11.6 Å². The van der Waals surface area contributed by atoms with Crippen molar-refractivity contribution in [1.82, 2.24) is 9.55 Å². The van der Waals surface area contributed by atoms with Crippen LogP contribution in [0, 0.1) is 0 Å². The van der Waals surface area contributed by atoms with Crippen molar-refractivity contribution >= 4 is 0 Å². The van der Waals surface area contributed by atoms with Gasteiger partial charge in [0.25, 0.3) is 0 Å². The first kappa shape index (κ1) is 7.46. The summed E-state index contributed by atoms with van der Waals surface area (Å²) in [5.41, 5.74) is -0.195. The van der Waals surface area contributed by atoms with Crippen molar-refractivity contribution in [2.75, 3.05) is 0 Å². The molecule has 1 saturated carbocycles. The van der Waals surface area contributed by atoms with Crippen molar-refractivity contribution in [2.45, 2.75) is 31.7 Å². The summed E-state index contributed by atoms with van der Waals surface area (Å²) < 4.78 is 1.60. The largest absolute Gasteiger partial charge is 0.493 e. The van der Waals surface area contributed by atoms with Crippen LogP contribution in [0.2, 0.25) is 0 Å². The summed E-state index contributed by atoms with van der Waals surface area (Å²) in [5, 5.41) is 9.02. The molecular formula is C8H12N2O2. The smallest absolute Gasteiger partial charge is 0.328 e. The fourth-order valence-corrected chi connectivity index (χ4v) is 1.85. The van der Waals surface area contributed by atoms with E-state index in [4.69, 9.17) is 5.11 Å². The molecule has 4 heteroatoms. The van der Waals surface area contributed by atoms with Crippen LogP contribution in [0.3, 0.4) is 0 Å². The Hall–Kier alpha value is -1.19. The SMILES string of the molecule is O=c1[nH]c(O)cn1C1CCCC1. The topological polar surface area (TPSA) is 58.0 Å². The van der Waals surface area contributed by atoms with Gasteiger partial charge in [0.1, 0.15) is 0 Å². The van der Waals surface area contributed by atoms with Crippen LogP contribution in [0.1, 0.15) is 31.7 Å². The Labute approximate surface area is 69.8 Å². The van der Waals surface area contributed by atoms with Gasteiger partial charge in [-0.1, -0.05) is 12.8 Å². The zero-order chi connectivity index (χ0) is 8.55. The van der Waals surface area contributed by atoms with Gasteiger partial charge in [0.05, 0.1) is 6.20 Å². The van der Waals surface area contributed by atoms with Gasteiger partial charge < -0.3 is 5.11 Å². The molecule has 4 nitrogen and oxygen atoms in total. The highest BCUT2D eigenvalue weighted by molar-refractivity contribution is 5.02. The van der Waals surface area contributed by atoms with Gasteiger partial charge in [-0.25, -0.2) is 4.79 Å². The second kappa shape index (κ2) is 2.69. The first-order valence-corrected chi connectivity index (χ1v) is 4.27. The summed E-state index contributed by atoms with van der Waals surface area (Å²) in [6.45, 7) is 0. The number of aromatic hydroxyl groups is 1. The van der Waals surface area contributed by atoms with Crippen LogP contribution in [0.4, 0.5) is 0 Å². The van der Waals surface area contributed by atoms with Gasteiger partial charge >= 0.3 is 5.69 Å². The third-order valence-electron chi connectivity index (χ3n) is 2.45. The molecule has 0 aromatic carbocycles. The molecule has 1 aliphatic carbocycles. The molecule has 0 bridgehead atoms. The summed E-state index contributed by atoms with van der Waals surface area (Å²) in [7, 11) is 0. The molecule has 1 fully saturated rings. The van der Waals surface area contributed by atoms with Crippen molar-refractivity contribution in [3.63, 3.8) is 0 Å². The number of hydrogen-bond donors (Lipinski definition) is 2. The zero-order valence-corrected chi connectivity index (χ0v) is 6.79. The Morgan fingerprint density at radius 1 is 1.50 bits per heavy atom. The van der Waals surface area contributed by atoms with Crippen molar-refractivity contribution in [1.29, 1.82) is 0 Å². The summed E-state index contributed by atoms with van der Waals surface area (Å²) in [6, 6.07) is 0.301. The van der Waals surface area contributed by atoms with E-state index in [1.54, 1.807) is 4.57 Å². The molecule has 0 radical (unpaired) electrons. The minimum Gasteiger partial charge on any atom is -0.493 e. The highest BCUT2D eigenvalue weighted by Gasteiger charge is 2.18. The van der Waals surface area contributed by atoms with Crippen LogP contribution in [0.25, 0.3) is 0 Å². The molecule has 2 N–H and O–H groups in total. The van der Waals surface area contributed by atoms with E-state index in [2.05, 4.69) is 4.98 Å². The molecule has 0 aliphatic heterocycles. The highest BCUT2D eigenvalue weighted by atomic mass is 16.3. The van der Waals surface area contributed by atoms with Crippen LogP contribution in [0.15, 0.2) is 11.0 Å². The third-order valence-corrected chi connectivity index (χ3v) is 2.45. The summed E-state index contributed by atoms with van der Waals surface area (Å²) in [4.78, 5) is 13.5. The van der Waals surface area contributed by atoms with E-state index in [0.29, 0.717) is 6.04 Å². The van der Waals surface area contributed by atoms with Gasteiger partial charge in [-0.15, -0.1) is 0 Å². The molecule has 1 heterocycles. The van der Waals surface area contributed by atoms with Crippen LogP contribution in [-0.2, 0) is 0 Å². The van der Waals surface area contributed by atoms with Crippen molar-refractivity contribution in [3.05, 3.63) is 16.7 Å². The van der Waals surface area contributed by atoms with Gasteiger partial charge in [-0.3, -0.25) is 9.55 Å². The summed E-state index contributed by atoms with van der Waals surface area (Å²) in [5.74, 6) is -0.0353. The third kappa shape index (κ3) is 1.13. The quantitative estimate of drug-likeness (QED) is 0.657. The normalized spacial score (nSPS) is 18.7. The Morgan fingerprint density at radius 2 is 2.17 bits per heavy atom. The van der Waals surface area contributed by atoms with Gasteiger partial charge in [-0.05, 0) is 12.8 Å². The van der Waals surface area contributed by atoms with E-state index >= 15 is 0 Å². The predicted octanol–water partition coefficient (Wildman–Crippen LogP) is 0.997. The monoisotopic (exact) mass is 168 g/mol. The minimum atomic E-state index is -0.195. The molecule has 12 heavy (non-hydrogen) atoms. The molecule has 2 rings (SSSR count). The van der Waals surface area contributed by atoms with E-state index in [0.717, 1.165) is 12.8 Å². The van der Waals surface area contributed by atoms with Gasteiger partial charge in [0.15, 0.2) is 0 Å². The Balaban J connectivity index is 2.32. The summed E-state index contributed by atoms with van der Waals surface area (Å²) >= 11 is 0. The lowest BCUT2D eigenvalue weighted by Crippen LogP contribution is -2.19. The number of nitrogens with one attached hydrogen (secondary N) is 1. The lowest BCUT2D eigenvalue weighted by Gasteiger charge is -2.07. The number of hydrogen-bond acceptors (Lipinski definition) is 2. The fourth-order valence-electron chi connectivity index (χ4n) is 1.85. The first-order chi connectivity index (χ1) is 5.77. The van der Waals surface area contributed by atoms with E-state index in [9.17, 15) is 4.79 Å². The maximum absolute atomic E-state index is 11.2. The Bertz CT molecular complexity index is 320. The number of rotatable bonds is 1. The van der Waals surface area contributed by atoms with Crippen molar-refractivity contribution in [3.8, 4) is 5.88 Å². The van der Waals surface area contributed by atoms with E-state index in [1.807, 2.05) is 0 Å². The number of nitrogens with zero attached hydrogens (tertiary/aromatic N) is 1. The fraction of sp³-hybridized carbons (Fsp3) is 0.625. The average Bonchev–Trinajstić information content (AvgIpc) is 2.58. The molecule has 0 atom stereocenters. The second-order valence-corrected chi connectivity index (χ2v) is 3.29. The van der Waals surface area contributed by atoms with E-state index in [1.165, 1.54) is 19.0 Å². The number of H-pyrrole nitrogens is 1. The lowest BCUT2D eigenvalue weighted by molar-refractivity contribution is 0.452. The Morgan fingerprint density at radius 3 is 2.67 bits per heavy atom. The average molecular weight is 168 g/mol. The lowest BCUT2D eigenvalue weighted by atomic mass is 10.2. The van der Waals surface area contributed by atoms with E-state index < -0.39 is 0 Å². The van der Waals surface area contributed by atoms with Crippen LogP contribution >= 0.6 is 0 Å². The maximum atomic E-state index is 11.2. The zero-order valence-electron chi connectivity index (χ0n) is 6.79. The molecule has 0 amide bonds. The number of imidazole rings is 1. The molecule has 1 aromatic rings. The van der Waals surface area contributed by atoms with Gasteiger partial charge in [-0.2, -0.15) is 0 Å². The molecule has 0 unspecified atom stereocenters. The highest BCUT2D eigenvalue weighted by Crippen LogP contribution is 2.28. The minimum absolute atomic E-state index is 0.0353. The van der Waals surface area contributed by atoms with Crippen LogP contribution in [0.5, 0.6) is 5.88 Å². The molecule has 1 aliphatic rings. The molecule has 0 saturated heterocycles. The standard InChI is InChI=1S/C8H12N2O2/c11-7-5-10(8(12)9-7)6-3-1-2-4-6/h5-6,11H,1-4H2,(H,9,12). The predicted molar refractivity (Wildman–Crippen MR) is 44.2 cm³/mol. The first-order valence-electron chi connectivity index (χ1n) is 4.27. The molecule has 1 aromatic heterocycles. The number of aromatic nitrogens is 2. The maximum Gasteiger partial charge on any atom is 0.328 e. The molecule has 66 valence electrons.